The molecule has 4 N–H and O–H groups in total. The Balaban J connectivity index is 2.20. The minimum absolute atomic E-state index is 0.384. The summed E-state index contributed by atoms with van der Waals surface area (Å²) in [4.78, 5) is 0. The Kier molecular flexibility index (Phi) is 1.32. The van der Waals surface area contributed by atoms with Crippen LogP contribution >= 0.6 is 0 Å². The van der Waals surface area contributed by atoms with Gasteiger partial charge in [-0.15, -0.1) is 0 Å². The third kappa shape index (κ3) is 0.796. The zero-order valence-corrected chi connectivity index (χ0v) is 6.03. The number of rotatable bonds is 0. The highest BCUT2D eigenvalue weighted by Crippen LogP contribution is 2.34. The zero-order chi connectivity index (χ0) is 7.14. The maximum atomic E-state index is 5.88. The maximum absolute atomic E-state index is 5.88. The van der Waals surface area contributed by atoms with E-state index in [0.717, 1.165) is 12.8 Å². The van der Waals surface area contributed by atoms with Gasteiger partial charge in [0.05, 0.1) is 0 Å². The van der Waals surface area contributed by atoms with Crippen molar-refractivity contribution >= 4 is 0 Å². The van der Waals surface area contributed by atoms with Crippen molar-refractivity contribution in [2.24, 2.45) is 23.3 Å². The SMILES string of the molecule is NC1CC2C=CC1CC2N. The highest BCUT2D eigenvalue weighted by molar-refractivity contribution is 5.11. The first-order chi connectivity index (χ1) is 4.77. The molecule has 2 bridgehead atoms. The summed E-state index contributed by atoms with van der Waals surface area (Å²) in [6.45, 7) is 0. The second-order valence-electron chi connectivity index (χ2n) is 3.51. The second-order valence-corrected chi connectivity index (χ2v) is 3.51. The van der Waals surface area contributed by atoms with E-state index >= 15 is 0 Å². The second kappa shape index (κ2) is 2.07. The van der Waals surface area contributed by atoms with Gasteiger partial charge in [-0.25, -0.2) is 0 Å². The fourth-order valence-corrected chi connectivity index (χ4v) is 2.06. The molecule has 0 aliphatic heterocycles. The van der Waals surface area contributed by atoms with Gasteiger partial charge in [-0.2, -0.15) is 0 Å². The van der Waals surface area contributed by atoms with Crippen LogP contribution in [0, 0.1) is 11.8 Å². The highest BCUT2D eigenvalue weighted by atomic mass is 14.7. The van der Waals surface area contributed by atoms with Crippen LogP contribution in [0.2, 0.25) is 0 Å². The van der Waals surface area contributed by atoms with Crippen LogP contribution in [0.25, 0.3) is 0 Å². The number of hydrogen-bond acceptors (Lipinski definition) is 2. The third-order valence-electron chi connectivity index (χ3n) is 2.79. The van der Waals surface area contributed by atoms with Gasteiger partial charge in [0, 0.05) is 12.1 Å². The number of fused-ring (bicyclic) bond motifs is 2. The Bertz CT molecular complexity index is 147. The zero-order valence-electron chi connectivity index (χ0n) is 6.03. The normalized spacial score (nSPS) is 51.8. The van der Waals surface area contributed by atoms with E-state index in [1.165, 1.54) is 0 Å². The van der Waals surface area contributed by atoms with Crippen LogP contribution in [-0.2, 0) is 0 Å². The van der Waals surface area contributed by atoms with Crippen molar-refractivity contribution in [1.29, 1.82) is 0 Å². The minimum atomic E-state index is 0.384. The summed E-state index contributed by atoms with van der Waals surface area (Å²) < 4.78 is 0. The van der Waals surface area contributed by atoms with Crippen molar-refractivity contribution < 1.29 is 0 Å². The predicted molar refractivity (Wildman–Crippen MR) is 41.3 cm³/mol. The van der Waals surface area contributed by atoms with E-state index in [9.17, 15) is 0 Å². The quantitative estimate of drug-likeness (QED) is 0.471. The molecular weight excluding hydrogens is 124 g/mol. The van der Waals surface area contributed by atoms with E-state index in [1.54, 1.807) is 0 Å². The molecule has 0 spiro atoms. The first-order valence-electron chi connectivity index (χ1n) is 3.97. The molecule has 2 heteroatoms. The molecule has 1 fully saturated rings. The molecule has 2 nitrogen and oxygen atoms in total. The summed E-state index contributed by atoms with van der Waals surface area (Å²) in [6, 6.07) is 0.768. The Morgan fingerprint density at radius 3 is 1.50 bits per heavy atom. The molecule has 10 heavy (non-hydrogen) atoms. The molecule has 3 aliphatic carbocycles. The topological polar surface area (TPSA) is 52.0 Å². The lowest BCUT2D eigenvalue weighted by Gasteiger charge is -2.40. The van der Waals surface area contributed by atoms with Gasteiger partial charge in [-0.1, -0.05) is 12.2 Å². The lowest BCUT2D eigenvalue weighted by Crippen LogP contribution is -2.48. The molecule has 1 saturated carbocycles. The molecule has 4 unspecified atom stereocenters. The van der Waals surface area contributed by atoms with Crippen LogP contribution < -0.4 is 11.5 Å². The largest absolute Gasteiger partial charge is 0.327 e. The van der Waals surface area contributed by atoms with E-state index in [0.29, 0.717) is 23.9 Å². The number of nitrogens with two attached hydrogens (primary N) is 2. The van der Waals surface area contributed by atoms with E-state index in [1.807, 2.05) is 0 Å². The van der Waals surface area contributed by atoms with E-state index in [2.05, 4.69) is 12.2 Å². The predicted octanol–water partition coefficient (Wildman–Crippen LogP) is 0.237. The van der Waals surface area contributed by atoms with E-state index in [-0.39, 0.29) is 0 Å². The smallest absolute Gasteiger partial charge is 0.0109 e. The molecule has 3 aliphatic rings. The van der Waals surface area contributed by atoms with Crippen molar-refractivity contribution in [2.45, 2.75) is 24.9 Å². The van der Waals surface area contributed by atoms with Gasteiger partial charge in [0.2, 0.25) is 0 Å². The van der Waals surface area contributed by atoms with Gasteiger partial charge in [0.15, 0.2) is 0 Å². The van der Waals surface area contributed by atoms with Crippen LogP contribution in [0.5, 0.6) is 0 Å². The molecule has 0 aromatic rings. The Morgan fingerprint density at radius 1 is 0.900 bits per heavy atom. The molecule has 0 radical (unpaired) electrons. The Hall–Kier alpha value is -0.340. The monoisotopic (exact) mass is 138 g/mol. The van der Waals surface area contributed by atoms with Gasteiger partial charge in [0.25, 0.3) is 0 Å². The summed E-state index contributed by atoms with van der Waals surface area (Å²) in [5, 5.41) is 0. The molecule has 0 amide bonds. The highest BCUT2D eigenvalue weighted by Gasteiger charge is 2.34. The Morgan fingerprint density at radius 2 is 1.30 bits per heavy atom. The summed E-state index contributed by atoms with van der Waals surface area (Å²) >= 11 is 0. The fraction of sp³-hybridized carbons (Fsp3) is 0.750. The lowest BCUT2D eigenvalue weighted by atomic mass is 9.70. The lowest BCUT2D eigenvalue weighted by molar-refractivity contribution is 0.249. The molecule has 0 heterocycles. The number of hydrogen-bond donors (Lipinski definition) is 2. The molecule has 4 atom stereocenters. The molecule has 0 saturated heterocycles. The molecular formula is C8H14N2. The van der Waals surface area contributed by atoms with Crippen molar-refractivity contribution in [1.82, 2.24) is 0 Å². The van der Waals surface area contributed by atoms with Crippen molar-refractivity contribution in [3.63, 3.8) is 0 Å². The molecule has 0 aromatic carbocycles. The van der Waals surface area contributed by atoms with Crippen LogP contribution in [0.3, 0.4) is 0 Å². The third-order valence-corrected chi connectivity index (χ3v) is 2.79. The molecule has 56 valence electrons. The van der Waals surface area contributed by atoms with Gasteiger partial charge in [-0.3, -0.25) is 0 Å². The van der Waals surface area contributed by atoms with Gasteiger partial charge in [0.1, 0.15) is 0 Å². The summed E-state index contributed by atoms with van der Waals surface area (Å²) in [7, 11) is 0. The van der Waals surface area contributed by atoms with Gasteiger partial charge < -0.3 is 11.5 Å². The average Bonchev–Trinajstić information content (AvgIpc) is 1.91. The van der Waals surface area contributed by atoms with Crippen molar-refractivity contribution in [2.75, 3.05) is 0 Å². The van der Waals surface area contributed by atoms with Crippen molar-refractivity contribution in [3.8, 4) is 0 Å². The average molecular weight is 138 g/mol. The van der Waals surface area contributed by atoms with Crippen LogP contribution in [0.15, 0.2) is 12.2 Å². The van der Waals surface area contributed by atoms with E-state index in [4.69, 9.17) is 11.5 Å². The molecule has 3 rings (SSSR count). The summed E-state index contributed by atoms with van der Waals surface area (Å²) in [6.07, 6.45) is 6.68. The van der Waals surface area contributed by atoms with Crippen LogP contribution in [0.4, 0.5) is 0 Å². The Labute approximate surface area is 61.3 Å². The first kappa shape index (κ1) is 6.38. The van der Waals surface area contributed by atoms with Gasteiger partial charge in [-0.05, 0) is 24.7 Å². The maximum Gasteiger partial charge on any atom is 0.0109 e. The van der Waals surface area contributed by atoms with Crippen molar-refractivity contribution in [3.05, 3.63) is 12.2 Å². The van der Waals surface area contributed by atoms with Crippen LogP contribution in [-0.4, -0.2) is 12.1 Å². The summed E-state index contributed by atoms with van der Waals surface area (Å²) in [5.74, 6) is 1.14. The standard InChI is InChI=1S/C8H14N2/c9-7-4-6-2-1-5(7)3-8(6)10/h1-2,5-8H,3-4,9-10H2. The van der Waals surface area contributed by atoms with Gasteiger partial charge >= 0.3 is 0 Å². The van der Waals surface area contributed by atoms with Crippen LogP contribution in [0.1, 0.15) is 12.8 Å². The molecule has 0 aromatic heterocycles. The first-order valence-corrected chi connectivity index (χ1v) is 3.97. The van der Waals surface area contributed by atoms with E-state index < -0.39 is 0 Å². The summed E-state index contributed by atoms with van der Waals surface area (Å²) in [5.41, 5.74) is 11.8. The minimum Gasteiger partial charge on any atom is -0.327 e. The fourth-order valence-electron chi connectivity index (χ4n) is 2.06.